The summed E-state index contributed by atoms with van der Waals surface area (Å²) in [4.78, 5) is 0. The first kappa shape index (κ1) is 15.3. The van der Waals surface area contributed by atoms with Gasteiger partial charge in [0.15, 0.2) is 6.29 Å². The summed E-state index contributed by atoms with van der Waals surface area (Å²) in [5.41, 5.74) is 1.16. The first-order valence-electron chi connectivity index (χ1n) is 7.61. The SMILES string of the molecule is I[C@H]1[C@H](OC[C@H]2CO2)O[C@H]2[C@@H]1OC[C@H]2OCc1ccccc1. The number of alkyl halides is 1. The number of fused-ring (bicyclic) bond motifs is 1. The zero-order chi connectivity index (χ0) is 14.9. The van der Waals surface area contributed by atoms with Crippen LogP contribution in [-0.2, 0) is 30.3 Å². The number of epoxide rings is 1. The van der Waals surface area contributed by atoms with Crippen molar-refractivity contribution in [1.29, 1.82) is 0 Å². The molecule has 22 heavy (non-hydrogen) atoms. The summed E-state index contributed by atoms with van der Waals surface area (Å²) in [7, 11) is 0. The molecular weight excluding hydrogens is 399 g/mol. The minimum Gasteiger partial charge on any atom is -0.371 e. The first-order chi connectivity index (χ1) is 10.8. The fraction of sp³-hybridized carbons (Fsp3) is 0.625. The van der Waals surface area contributed by atoms with Crippen molar-refractivity contribution in [1.82, 2.24) is 0 Å². The third-order valence-corrected chi connectivity index (χ3v) is 5.46. The van der Waals surface area contributed by atoms with Gasteiger partial charge in [-0.25, -0.2) is 0 Å². The molecule has 0 saturated carbocycles. The number of hydrogen-bond donors (Lipinski definition) is 0. The molecule has 120 valence electrons. The zero-order valence-electron chi connectivity index (χ0n) is 12.1. The lowest BCUT2D eigenvalue weighted by Gasteiger charge is -2.19. The molecule has 3 heterocycles. The predicted octanol–water partition coefficient (Wildman–Crippen LogP) is 1.91. The van der Waals surface area contributed by atoms with E-state index in [1.165, 1.54) is 0 Å². The van der Waals surface area contributed by atoms with Crippen molar-refractivity contribution in [3.8, 4) is 0 Å². The van der Waals surface area contributed by atoms with Gasteiger partial charge >= 0.3 is 0 Å². The minimum atomic E-state index is -0.233. The van der Waals surface area contributed by atoms with Gasteiger partial charge in [0.25, 0.3) is 0 Å². The van der Waals surface area contributed by atoms with E-state index in [1.807, 2.05) is 18.2 Å². The van der Waals surface area contributed by atoms with Gasteiger partial charge < -0.3 is 23.7 Å². The average molecular weight is 418 g/mol. The molecule has 1 aromatic rings. The highest BCUT2D eigenvalue weighted by Gasteiger charge is 2.53. The monoisotopic (exact) mass is 418 g/mol. The van der Waals surface area contributed by atoms with Gasteiger partial charge in [-0.3, -0.25) is 0 Å². The lowest BCUT2D eigenvalue weighted by molar-refractivity contribution is -0.157. The summed E-state index contributed by atoms with van der Waals surface area (Å²) in [6.45, 7) is 2.55. The van der Waals surface area contributed by atoms with E-state index >= 15 is 0 Å². The summed E-state index contributed by atoms with van der Waals surface area (Å²) >= 11 is 2.36. The van der Waals surface area contributed by atoms with Crippen LogP contribution in [0.2, 0.25) is 0 Å². The van der Waals surface area contributed by atoms with Crippen LogP contribution in [0.5, 0.6) is 0 Å². The van der Waals surface area contributed by atoms with Crippen molar-refractivity contribution >= 4 is 22.6 Å². The Balaban J connectivity index is 1.31. The molecule has 4 rings (SSSR count). The third-order valence-electron chi connectivity index (χ3n) is 4.16. The smallest absolute Gasteiger partial charge is 0.172 e. The topological polar surface area (TPSA) is 49.5 Å². The van der Waals surface area contributed by atoms with E-state index in [1.54, 1.807) is 0 Å². The summed E-state index contributed by atoms with van der Waals surface area (Å²) in [6, 6.07) is 10.2. The molecule has 0 aromatic heterocycles. The lowest BCUT2D eigenvalue weighted by Crippen LogP contribution is -2.31. The number of rotatable bonds is 6. The van der Waals surface area contributed by atoms with Crippen LogP contribution in [-0.4, -0.2) is 54.5 Å². The molecule has 5 nitrogen and oxygen atoms in total. The standard InChI is InChI=1S/C16H19IO5/c17-13-15-14(22-16(13)21-8-11-7-18-11)12(9-20-15)19-6-10-4-2-1-3-5-10/h1-5,11-16H,6-9H2/t11-,12-,13-,14-,15-,16-/m1/s1. The Hall–Kier alpha value is -0.250. The number of hydrogen-bond acceptors (Lipinski definition) is 5. The summed E-state index contributed by atoms with van der Waals surface area (Å²) < 4.78 is 29.1. The minimum absolute atomic E-state index is 0.0340. The second kappa shape index (κ2) is 6.70. The fourth-order valence-corrected chi connectivity index (χ4v) is 3.84. The van der Waals surface area contributed by atoms with Crippen LogP contribution < -0.4 is 0 Å². The van der Waals surface area contributed by atoms with E-state index in [0.717, 1.165) is 12.2 Å². The van der Waals surface area contributed by atoms with Crippen LogP contribution in [0.3, 0.4) is 0 Å². The molecule has 0 N–H and O–H groups in total. The summed E-state index contributed by atoms with van der Waals surface area (Å²) in [5.74, 6) is 0. The molecule has 0 spiro atoms. The molecule has 0 aliphatic carbocycles. The van der Waals surface area contributed by atoms with Crippen molar-refractivity contribution in [3.05, 3.63) is 35.9 Å². The Morgan fingerprint density at radius 3 is 2.64 bits per heavy atom. The van der Waals surface area contributed by atoms with Crippen molar-refractivity contribution in [2.45, 2.75) is 41.2 Å². The molecule has 3 aliphatic heterocycles. The largest absolute Gasteiger partial charge is 0.371 e. The van der Waals surface area contributed by atoms with E-state index in [2.05, 4.69) is 34.7 Å². The molecule has 0 radical (unpaired) electrons. The maximum Gasteiger partial charge on any atom is 0.172 e. The van der Waals surface area contributed by atoms with Crippen molar-refractivity contribution in [2.75, 3.05) is 19.8 Å². The maximum absolute atomic E-state index is 6.04. The van der Waals surface area contributed by atoms with Crippen LogP contribution in [0.1, 0.15) is 5.56 Å². The molecule has 3 aliphatic rings. The Bertz CT molecular complexity index is 495. The fourth-order valence-electron chi connectivity index (χ4n) is 2.85. The lowest BCUT2D eigenvalue weighted by atomic mass is 10.1. The Labute approximate surface area is 143 Å². The highest BCUT2D eigenvalue weighted by Crippen LogP contribution is 2.37. The normalized spacial score (nSPS) is 39.9. The van der Waals surface area contributed by atoms with E-state index in [-0.39, 0.29) is 34.6 Å². The van der Waals surface area contributed by atoms with E-state index in [9.17, 15) is 0 Å². The zero-order valence-corrected chi connectivity index (χ0v) is 14.3. The molecule has 3 saturated heterocycles. The van der Waals surface area contributed by atoms with E-state index in [4.69, 9.17) is 23.7 Å². The summed E-state index contributed by atoms with van der Waals surface area (Å²) in [5, 5.41) is 0. The van der Waals surface area contributed by atoms with Gasteiger partial charge in [0.2, 0.25) is 0 Å². The van der Waals surface area contributed by atoms with Gasteiger partial charge in [-0.2, -0.15) is 0 Å². The molecule has 0 bridgehead atoms. The van der Waals surface area contributed by atoms with Crippen LogP contribution in [0.25, 0.3) is 0 Å². The van der Waals surface area contributed by atoms with Crippen molar-refractivity contribution < 1.29 is 23.7 Å². The van der Waals surface area contributed by atoms with E-state index < -0.39 is 0 Å². The summed E-state index contributed by atoms with van der Waals surface area (Å²) in [6.07, 6.45) is -0.0166. The average Bonchev–Trinajstić information content (AvgIpc) is 3.21. The molecule has 1 aromatic carbocycles. The van der Waals surface area contributed by atoms with Gasteiger partial charge in [0, 0.05) is 0 Å². The third kappa shape index (κ3) is 3.32. The molecular formula is C16H19IO5. The Morgan fingerprint density at radius 2 is 1.86 bits per heavy atom. The Morgan fingerprint density at radius 1 is 1.05 bits per heavy atom. The highest BCUT2D eigenvalue weighted by atomic mass is 127. The van der Waals surface area contributed by atoms with Crippen molar-refractivity contribution in [2.24, 2.45) is 0 Å². The van der Waals surface area contributed by atoms with Crippen LogP contribution in [0, 0.1) is 0 Å². The molecule has 0 amide bonds. The second-order valence-corrected chi connectivity index (χ2v) is 7.27. The number of halogens is 1. The number of benzene rings is 1. The Kier molecular flexibility index (Phi) is 4.66. The molecule has 6 heteroatoms. The highest BCUT2D eigenvalue weighted by molar-refractivity contribution is 14.1. The van der Waals surface area contributed by atoms with Gasteiger partial charge in [-0.15, -0.1) is 0 Å². The predicted molar refractivity (Wildman–Crippen MR) is 86.9 cm³/mol. The van der Waals surface area contributed by atoms with Crippen LogP contribution in [0.15, 0.2) is 30.3 Å². The van der Waals surface area contributed by atoms with Gasteiger partial charge in [-0.1, -0.05) is 52.9 Å². The van der Waals surface area contributed by atoms with Gasteiger partial charge in [-0.05, 0) is 5.56 Å². The quantitative estimate of drug-likeness (QED) is 0.402. The van der Waals surface area contributed by atoms with Crippen LogP contribution >= 0.6 is 22.6 Å². The van der Waals surface area contributed by atoms with E-state index in [0.29, 0.717) is 19.8 Å². The van der Waals surface area contributed by atoms with Crippen LogP contribution in [0.4, 0.5) is 0 Å². The molecule has 3 fully saturated rings. The molecule has 0 unspecified atom stereocenters. The van der Waals surface area contributed by atoms with Gasteiger partial charge in [0.05, 0.1) is 30.4 Å². The van der Waals surface area contributed by atoms with Gasteiger partial charge in [0.1, 0.15) is 24.4 Å². The second-order valence-electron chi connectivity index (χ2n) is 5.84. The maximum atomic E-state index is 6.04. The molecule has 6 atom stereocenters. The number of ether oxygens (including phenoxy) is 5. The van der Waals surface area contributed by atoms with Crippen molar-refractivity contribution in [3.63, 3.8) is 0 Å². The first-order valence-corrected chi connectivity index (χ1v) is 8.86.